The zero-order valence-corrected chi connectivity index (χ0v) is 20.1. The Morgan fingerprint density at radius 3 is 2.30 bits per heavy atom. The van der Waals surface area contributed by atoms with Crippen molar-refractivity contribution in [3.63, 3.8) is 0 Å². The number of H-pyrrole nitrogens is 1. The lowest BCUT2D eigenvalue weighted by Crippen LogP contribution is -2.88. The Bertz CT molecular complexity index is 1310. The lowest BCUT2D eigenvalue weighted by Gasteiger charge is -2.29. The lowest BCUT2D eigenvalue weighted by atomic mass is 9.83. The molecule has 0 fully saturated rings. The van der Waals surface area contributed by atoms with Gasteiger partial charge in [-0.05, 0) is 35.9 Å². The van der Waals surface area contributed by atoms with Crippen molar-refractivity contribution < 1.29 is 19.5 Å². The molecule has 1 aliphatic rings. The average molecular weight is 484 g/mol. The van der Waals surface area contributed by atoms with Gasteiger partial charge in [-0.3, -0.25) is 0 Å². The summed E-state index contributed by atoms with van der Waals surface area (Å²) < 4.78 is 16.8. The standard InChI is InChI=1S/C26H24Cl2N2O3/c1-31-21-10-14(11-22(32-2)26(21)33-3)24-25-23(17-6-4-5-7-20(17)30-25)18(13-29-24)16-9-8-15(27)12-19(16)28/h4-12,18,24,29-30H,13H2,1-3H3/p+1/t18-,24-/m1/s1. The van der Waals surface area contributed by atoms with Gasteiger partial charge in [0.25, 0.3) is 0 Å². The van der Waals surface area contributed by atoms with Gasteiger partial charge < -0.3 is 24.5 Å². The summed E-state index contributed by atoms with van der Waals surface area (Å²) in [6.07, 6.45) is 0. The van der Waals surface area contributed by atoms with Crippen molar-refractivity contribution in [2.24, 2.45) is 0 Å². The minimum Gasteiger partial charge on any atom is -0.493 e. The van der Waals surface area contributed by atoms with Crippen LogP contribution in [0, 0.1) is 0 Å². The molecule has 5 nitrogen and oxygen atoms in total. The average Bonchev–Trinajstić information content (AvgIpc) is 3.22. The van der Waals surface area contributed by atoms with E-state index in [1.54, 1.807) is 21.3 Å². The Balaban J connectivity index is 1.70. The van der Waals surface area contributed by atoms with E-state index in [-0.39, 0.29) is 12.0 Å². The molecule has 7 heteroatoms. The number of hydrogen-bond donors (Lipinski definition) is 2. The van der Waals surface area contributed by atoms with E-state index >= 15 is 0 Å². The molecule has 170 valence electrons. The Morgan fingerprint density at radius 2 is 1.64 bits per heavy atom. The molecule has 0 saturated carbocycles. The number of para-hydroxylation sites is 1. The van der Waals surface area contributed by atoms with Crippen LogP contribution in [-0.2, 0) is 0 Å². The number of methoxy groups -OCH3 is 3. The number of halogens is 2. The molecule has 0 bridgehead atoms. The lowest BCUT2D eigenvalue weighted by molar-refractivity contribution is -0.692. The zero-order valence-electron chi connectivity index (χ0n) is 18.6. The van der Waals surface area contributed by atoms with Crippen LogP contribution in [-0.4, -0.2) is 32.9 Å². The Morgan fingerprint density at radius 1 is 0.909 bits per heavy atom. The molecule has 3 aromatic carbocycles. The van der Waals surface area contributed by atoms with E-state index in [0.29, 0.717) is 27.3 Å². The molecule has 0 radical (unpaired) electrons. The summed E-state index contributed by atoms with van der Waals surface area (Å²) in [6, 6.07) is 18.2. The molecule has 1 aromatic heterocycles. The monoisotopic (exact) mass is 483 g/mol. The number of benzene rings is 3. The minimum absolute atomic E-state index is 0.0310. The largest absolute Gasteiger partial charge is 0.493 e. The number of hydrogen-bond acceptors (Lipinski definition) is 3. The normalized spacial score (nSPS) is 17.6. The van der Waals surface area contributed by atoms with Crippen molar-refractivity contribution in [1.82, 2.24) is 4.98 Å². The summed E-state index contributed by atoms with van der Waals surface area (Å²) in [4.78, 5) is 3.69. The van der Waals surface area contributed by atoms with Gasteiger partial charge in [0, 0.05) is 32.1 Å². The number of ether oxygens (including phenoxy) is 3. The summed E-state index contributed by atoms with van der Waals surface area (Å²) in [5, 5.41) is 4.85. The zero-order chi connectivity index (χ0) is 23.1. The molecule has 0 spiro atoms. The molecule has 33 heavy (non-hydrogen) atoms. The van der Waals surface area contributed by atoms with E-state index < -0.39 is 0 Å². The number of quaternary nitrogens is 1. The van der Waals surface area contributed by atoms with Crippen molar-refractivity contribution in [2.75, 3.05) is 27.9 Å². The fourth-order valence-corrected chi connectivity index (χ4v) is 5.50. The molecule has 2 atom stereocenters. The van der Waals surface area contributed by atoms with Gasteiger partial charge >= 0.3 is 0 Å². The first kappa shape index (κ1) is 22.0. The fraction of sp³-hybridized carbons (Fsp3) is 0.231. The van der Waals surface area contributed by atoms with E-state index in [4.69, 9.17) is 37.4 Å². The highest BCUT2D eigenvalue weighted by atomic mass is 35.5. The minimum atomic E-state index is 0.0310. The number of aromatic nitrogens is 1. The summed E-state index contributed by atoms with van der Waals surface area (Å²) in [6.45, 7) is 0.831. The summed E-state index contributed by atoms with van der Waals surface area (Å²) in [5.41, 5.74) is 5.65. The third kappa shape index (κ3) is 3.70. The van der Waals surface area contributed by atoms with Crippen LogP contribution in [0.2, 0.25) is 10.0 Å². The van der Waals surface area contributed by atoms with Crippen LogP contribution in [0.1, 0.15) is 34.3 Å². The van der Waals surface area contributed by atoms with Gasteiger partial charge in [0.15, 0.2) is 17.5 Å². The quantitative estimate of drug-likeness (QED) is 0.404. The molecule has 0 saturated heterocycles. The van der Waals surface area contributed by atoms with Crippen LogP contribution in [0.3, 0.4) is 0 Å². The summed E-state index contributed by atoms with van der Waals surface area (Å²) in [7, 11) is 4.89. The van der Waals surface area contributed by atoms with Crippen LogP contribution in [0.5, 0.6) is 17.2 Å². The molecule has 5 rings (SSSR count). The molecule has 4 aromatic rings. The first-order valence-electron chi connectivity index (χ1n) is 10.7. The van der Waals surface area contributed by atoms with Gasteiger partial charge in [-0.15, -0.1) is 0 Å². The number of nitrogens with two attached hydrogens (primary N) is 1. The molecule has 0 amide bonds. The van der Waals surface area contributed by atoms with Crippen molar-refractivity contribution in [1.29, 1.82) is 0 Å². The van der Waals surface area contributed by atoms with Gasteiger partial charge in [0.2, 0.25) is 5.75 Å². The SMILES string of the molecule is COc1cc([C@H]2[NH2+]C[C@H](c3ccc(Cl)cc3Cl)c3c2[nH]c2ccccc32)cc(OC)c1OC. The van der Waals surface area contributed by atoms with Crippen LogP contribution in [0.15, 0.2) is 54.6 Å². The molecule has 1 aliphatic heterocycles. The van der Waals surface area contributed by atoms with Crippen molar-refractivity contribution in [2.45, 2.75) is 12.0 Å². The third-order valence-corrected chi connectivity index (χ3v) is 6.99. The van der Waals surface area contributed by atoms with E-state index in [1.807, 2.05) is 36.4 Å². The second kappa shape index (κ2) is 8.82. The predicted octanol–water partition coefficient (Wildman–Crippen LogP) is 5.30. The number of fused-ring (bicyclic) bond motifs is 3. The van der Waals surface area contributed by atoms with Crippen molar-refractivity contribution in [3.05, 3.63) is 87.0 Å². The second-order valence-electron chi connectivity index (χ2n) is 8.12. The fourth-order valence-electron chi connectivity index (χ4n) is 4.96. The van der Waals surface area contributed by atoms with Gasteiger partial charge in [-0.2, -0.15) is 0 Å². The topological polar surface area (TPSA) is 60.1 Å². The third-order valence-electron chi connectivity index (χ3n) is 6.43. The maximum absolute atomic E-state index is 6.66. The number of rotatable bonds is 5. The second-order valence-corrected chi connectivity index (χ2v) is 8.97. The van der Waals surface area contributed by atoms with E-state index in [0.717, 1.165) is 28.9 Å². The van der Waals surface area contributed by atoms with Gasteiger partial charge in [0.1, 0.15) is 0 Å². The maximum Gasteiger partial charge on any atom is 0.203 e. The Hall–Kier alpha value is -2.86. The maximum atomic E-state index is 6.66. The first-order valence-corrected chi connectivity index (χ1v) is 11.5. The highest BCUT2D eigenvalue weighted by molar-refractivity contribution is 6.35. The first-order chi connectivity index (χ1) is 16.0. The van der Waals surface area contributed by atoms with Crippen LogP contribution >= 0.6 is 23.2 Å². The predicted molar refractivity (Wildman–Crippen MR) is 131 cm³/mol. The number of nitrogens with one attached hydrogen (secondary N) is 1. The molecular weight excluding hydrogens is 459 g/mol. The molecule has 0 aliphatic carbocycles. The summed E-state index contributed by atoms with van der Waals surface area (Å²) in [5.74, 6) is 1.99. The Kier molecular flexibility index (Phi) is 5.87. The number of aromatic amines is 1. The summed E-state index contributed by atoms with van der Waals surface area (Å²) >= 11 is 12.8. The van der Waals surface area contributed by atoms with Crippen molar-refractivity contribution in [3.8, 4) is 17.2 Å². The molecular formula is C26H25Cl2N2O3+. The highest BCUT2D eigenvalue weighted by Crippen LogP contribution is 2.44. The molecule has 3 N–H and O–H groups in total. The van der Waals surface area contributed by atoms with Crippen LogP contribution in [0.25, 0.3) is 10.9 Å². The van der Waals surface area contributed by atoms with Gasteiger partial charge in [-0.25, -0.2) is 0 Å². The Labute approximate surface area is 202 Å². The van der Waals surface area contributed by atoms with Crippen LogP contribution < -0.4 is 19.5 Å². The van der Waals surface area contributed by atoms with Gasteiger partial charge in [0.05, 0.1) is 39.5 Å². The molecule has 2 heterocycles. The smallest absolute Gasteiger partial charge is 0.203 e. The molecule has 0 unspecified atom stereocenters. The van der Waals surface area contributed by atoms with Gasteiger partial charge in [-0.1, -0.05) is 47.5 Å². The van der Waals surface area contributed by atoms with E-state index in [2.05, 4.69) is 28.5 Å². The van der Waals surface area contributed by atoms with Crippen LogP contribution in [0.4, 0.5) is 0 Å². The van der Waals surface area contributed by atoms with Crippen molar-refractivity contribution >= 4 is 34.1 Å². The van der Waals surface area contributed by atoms with E-state index in [9.17, 15) is 0 Å². The van der Waals surface area contributed by atoms with E-state index in [1.165, 1.54) is 10.9 Å². The highest BCUT2D eigenvalue weighted by Gasteiger charge is 2.37.